The summed E-state index contributed by atoms with van der Waals surface area (Å²) >= 11 is 11.8. The van der Waals surface area contributed by atoms with Gasteiger partial charge < -0.3 is 0 Å². The highest BCUT2D eigenvalue weighted by molar-refractivity contribution is 6.44. The lowest BCUT2D eigenvalue weighted by Crippen LogP contribution is -2.15. The van der Waals surface area contributed by atoms with E-state index in [2.05, 4.69) is 0 Å². The first kappa shape index (κ1) is 14.0. The second-order valence-electron chi connectivity index (χ2n) is 4.28. The topological polar surface area (TPSA) is 40.9 Å². The molecule has 0 spiro atoms. The summed E-state index contributed by atoms with van der Waals surface area (Å²) in [5.74, 6) is -0.638. The minimum absolute atomic E-state index is 0.225. The molecule has 1 atom stereocenters. The predicted molar refractivity (Wildman–Crippen MR) is 69.4 cm³/mol. The van der Waals surface area contributed by atoms with Gasteiger partial charge in [0, 0.05) is 5.56 Å². The molecular formula is C13H13Cl2NO. The number of carbonyl (C=O) groups is 1. The van der Waals surface area contributed by atoms with Crippen LogP contribution in [-0.2, 0) is 0 Å². The summed E-state index contributed by atoms with van der Waals surface area (Å²) in [7, 11) is 0. The van der Waals surface area contributed by atoms with Crippen LogP contribution in [0, 0.1) is 23.2 Å². The first-order chi connectivity index (χ1) is 7.97. The first-order valence-electron chi connectivity index (χ1n) is 5.35. The van der Waals surface area contributed by atoms with E-state index in [1.165, 1.54) is 0 Å². The third-order valence-electron chi connectivity index (χ3n) is 2.40. The molecule has 1 aromatic rings. The van der Waals surface area contributed by atoms with Crippen molar-refractivity contribution in [1.82, 2.24) is 0 Å². The lowest BCUT2D eigenvalue weighted by atomic mass is 9.91. The molecule has 0 N–H and O–H groups in total. The van der Waals surface area contributed by atoms with Crippen LogP contribution >= 0.6 is 23.2 Å². The minimum Gasteiger partial charge on any atom is -0.293 e. The van der Waals surface area contributed by atoms with Crippen molar-refractivity contribution < 1.29 is 4.79 Å². The van der Waals surface area contributed by atoms with E-state index in [-0.39, 0.29) is 16.7 Å². The van der Waals surface area contributed by atoms with Gasteiger partial charge >= 0.3 is 0 Å². The quantitative estimate of drug-likeness (QED) is 0.762. The highest BCUT2D eigenvalue weighted by atomic mass is 35.5. The highest BCUT2D eigenvalue weighted by Gasteiger charge is 2.23. The molecule has 0 aliphatic carbocycles. The van der Waals surface area contributed by atoms with E-state index in [0.717, 1.165) is 0 Å². The Bertz CT molecular complexity index is 463. The SMILES string of the molecule is CC(C)CC(C#N)C(=O)c1cccc(Cl)c1Cl. The number of nitriles is 1. The molecule has 0 aliphatic rings. The third kappa shape index (κ3) is 3.46. The largest absolute Gasteiger partial charge is 0.293 e. The molecule has 0 radical (unpaired) electrons. The zero-order valence-electron chi connectivity index (χ0n) is 9.71. The predicted octanol–water partition coefficient (Wildman–Crippen LogP) is 4.36. The lowest BCUT2D eigenvalue weighted by molar-refractivity contribution is 0.0937. The Kier molecular flexibility index (Phi) is 4.99. The van der Waals surface area contributed by atoms with E-state index in [9.17, 15) is 4.79 Å². The number of ketones is 1. The summed E-state index contributed by atoms with van der Waals surface area (Å²) in [6.45, 7) is 3.94. The summed E-state index contributed by atoms with van der Waals surface area (Å²) in [6, 6.07) is 6.90. The molecule has 0 aliphatic heterocycles. The van der Waals surface area contributed by atoms with Crippen LogP contribution in [0.15, 0.2) is 18.2 Å². The van der Waals surface area contributed by atoms with Gasteiger partial charge in [-0.15, -0.1) is 0 Å². The van der Waals surface area contributed by atoms with Crippen LogP contribution < -0.4 is 0 Å². The number of benzene rings is 1. The van der Waals surface area contributed by atoms with E-state index in [1.807, 2.05) is 19.9 Å². The van der Waals surface area contributed by atoms with E-state index >= 15 is 0 Å². The van der Waals surface area contributed by atoms with Gasteiger partial charge in [-0.25, -0.2) is 0 Å². The Morgan fingerprint density at radius 2 is 2.06 bits per heavy atom. The van der Waals surface area contributed by atoms with Crippen molar-refractivity contribution >= 4 is 29.0 Å². The van der Waals surface area contributed by atoms with Crippen LogP contribution in [-0.4, -0.2) is 5.78 Å². The third-order valence-corrected chi connectivity index (χ3v) is 3.22. The molecule has 1 rings (SSSR count). The number of hydrogen-bond acceptors (Lipinski definition) is 2. The molecule has 1 aromatic carbocycles. The van der Waals surface area contributed by atoms with Crippen molar-refractivity contribution in [1.29, 1.82) is 5.26 Å². The van der Waals surface area contributed by atoms with Gasteiger partial charge in [-0.2, -0.15) is 5.26 Å². The molecule has 0 heterocycles. The molecule has 0 amide bonds. The number of nitrogens with zero attached hydrogens (tertiary/aromatic N) is 1. The molecule has 1 unspecified atom stereocenters. The molecule has 0 bridgehead atoms. The van der Waals surface area contributed by atoms with Gasteiger partial charge in [-0.05, 0) is 24.5 Å². The summed E-state index contributed by atoms with van der Waals surface area (Å²) in [4.78, 5) is 12.1. The number of hydrogen-bond donors (Lipinski definition) is 0. The average Bonchev–Trinajstić information content (AvgIpc) is 2.28. The number of rotatable bonds is 4. The Morgan fingerprint density at radius 3 is 2.59 bits per heavy atom. The number of halogens is 2. The zero-order valence-corrected chi connectivity index (χ0v) is 11.2. The van der Waals surface area contributed by atoms with Crippen molar-refractivity contribution in [2.24, 2.45) is 11.8 Å². The molecule has 2 nitrogen and oxygen atoms in total. The van der Waals surface area contributed by atoms with Crippen LogP contribution in [0.2, 0.25) is 10.0 Å². The smallest absolute Gasteiger partial charge is 0.181 e. The molecule has 4 heteroatoms. The summed E-state index contributed by atoms with van der Waals surface area (Å²) in [5.41, 5.74) is 0.325. The van der Waals surface area contributed by atoms with Gasteiger partial charge in [-0.1, -0.05) is 43.1 Å². The maximum absolute atomic E-state index is 12.1. The van der Waals surface area contributed by atoms with Gasteiger partial charge in [0.15, 0.2) is 5.78 Å². The van der Waals surface area contributed by atoms with Crippen molar-refractivity contribution in [2.45, 2.75) is 20.3 Å². The molecular weight excluding hydrogens is 257 g/mol. The molecule has 90 valence electrons. The summed E-state index contributed by atoms with van der Waals surface area (Å²) < 4.78 is 0. The van der Waals surface area contributed by atoms with Crippen LogP contribution in [0.25, 0.3) is 0 Å². The van der Waals surface area contributed by atoms with Gasteiger partial charge in [0.2, 0.25) is 0 Å². The van der Waals surface area contributed by atoms with Crippen molar-refractivity contribution in [3.05, 3.63) is 33.8 Å². The second-order valence-corrected chi connectivity index (χ2v) is 5.06. The van der Waals surface area contributed by atoms with Crippen LogP contribution in [0.3, 0.4) is 0 Å². The fourth-order valence-corrected chi connectivity index (χ4v) is 1.97. The number of carbonyl (C=O) groups excluding carboxylic acids is 1. The van der Waals surface area contributed by atoms with Gasteiger partial charge in [-0.3, -0.25) is 4.79 Å². The molecule has 0 saturated carbocycles. The molecule has 17 heavy (non-hydrogen) atoms. The fraction of sp³-hybridized carbons (Fsp3) is 0.385. The van der Waals surface area contributed by atoms with Crippen LogP contribution in [0.5, 0.6) is 0 Å². The highest BCUT2D eigenvalue weighted by Crippen LogP contribution is 2.28. The Hall–Kier alpha value is -1.04. The van der Waals surface area contributed by atoms with Gasteiger partial charge in [0.05, 0.1) is 16.1 Å². The first-order valence-corrected chi connectivity index (χ1v) is 6.10. The maximum Gasteiger partial charge on any atom is 0.181 e. The number of Topliss-reactive ketones (excluding diaryl/α,β-unsaturated/α-hetero) is 1. The van der Waals surface area contributed by atoms with E-state index in [0.29, 0.717) is 17.0 Å². The summed E-state index contributed by atoms with van der Waals surface area (Å²) in [6.07, 6.45) is 0.526. The molecule has 0 fully saturated rings. The minimum atomic E-state index is -0.661. The van der Waals surface area contributed by atoms with Crippen LogP contribution in [0.1, 0.15) is 30.6 Å². The standard InChI is InChI=1S/C13H13Cl2NO/c1-8(2)6-9(7-16)13(17)10-4-3-5-11(14)12(10)15/h3-5,8-9H,6H2,1-2H3. The fourth-order valence-electron chi connectivity index (χ4n) is 1.57. The molecule has 0 aromatic heterocycles. The van der Waals surface area contributed by atoms with E-state index in [1.54, 1.807) is 18.2 Å². The van der Waals surface area contributed by atoms with Gasteiger partial charge in [0.25, 0.3) is 0 Å². The monoisotopic (exact) mass is 269 g/mol. The normalized spacial score (nSPS) is 12.2. The summed E-state index contributed by atoms with van der Waals surface area (Å²) in [5, 5.41) is 9.58. The Morgan fingerprint density at radius 1 is 1.41 bits per heavy atom. The van der Waals surface area contributed by atoms with E-state index in [4.69, 9.17) is 28.5 Å². The Labute approximate surface area is 111 Å². The van der Waals surface area contributed by atoms with Crippen molar-refractivity contribution in [2.75, 3.05) is 0 Å². The second kappa shape index (κ2) is 6.05. The van der Waals surface area contributed by atoms with Gasteiger partial charge in [0.1, 0.15) is 5.92 Å². The van der Waals surface area contributed by atoms with Crippen molar-refractivity contribution in [3.8, 4) is 6.07 Å². The zero-order chi connectivity index (χ0) is 13.0. The van der Waals surface area contributed by atoms with Crippen molar-refractivity contribution in [3.63, 3.8) is 0 Å². The maximum atomic E-state index is 12.1. The molecule has 0 saturated heterocycles. The average molecular weight is 270 g/mol. The lowest BCUT2D eigenvalue weighted by Gasteiger charge is -2.12. The van der Waals surface area contributed by atoms with Crippen LogP contribution in [0.4, 0.5) is 0 Å². The van der Waals surface area contributed by atoms with E-state index < -0.39 is 5.92 Å². The Balaban J connectivity index is 3.03.